The van der Waals surface area contributed by atoms with Gasteiger partial charge in [-0.05, 0) is 31.2 Å². The first kappa shape index (κ1) is 14.8. The molecule has 0 aliphatic heterocycles. The number of carbonyl (C=O) groups is 3. The van der Waals surface area contributed by atoms with E-state index in [1.165, 1.54) is 38.5 Å². The number of aromatic hydroxyl groups is 1. The van der Waals surface area contributed by atoms with Gasteiger partial charge < -0.3 is 9.52 Å². The molecule has 6 nitrogen and oxygen atoms in total. The highest BCUT2D eigenvalue weighted by molar-refractivity contribution is 6.20. The van der Waals surface area contributed by atoms with Crippen molar-refractivity contribution in [3.63, 3.8) is 0 Å². The SMILES string of the molecule is CC(=O)c1ccc2c(c1)c(C(=O)c1ccoc1)c(O)n2C(C)=O. The Labute approximate surface area is 130 Å². The smallest absolute Gasteiger partial charge is 0.230 e. The van der Waals surface area contributed by atoms with Crippen LogP contribution in [0.15, 0.2) is 41.2 Å². The minimum Gasteiger partial charge on any atom is -0.494 e. The van der Waals surface area contributed by atoms with Gasteiger partial charge in [-0.1, -0.05) is 0 Å². The van der Waals surface area contributed by atoms with Gasteiger partial charge in [0.1, 0.15) is 6.26 Å². The molecule has 0 saturated carbocycles. The maximum atomic E-state index is 12.6. The first-order valence-electron chi connectivity index (χ1n) is 6.88. The summed E-state index contributed by atoms with van der Waals surface area (Å²) < 4.78 is 5.94. The zero-order valence-electron chi connectivity index (χ0n) is 12.5. The number of carbonyl (C=O) groups excluding carboxylic acids is 3. The minimum absolute atomic E-state index is 0.0281. The maximum Gasteiger partial charge on any atom is 0.230 e. The van der Waals surface area contributed by atoms with Crippen molar-refractivity contribution in [2.45, 2.75) is 13.8 Å². The number of ketones is 2. The predicted octanol–water partition coefficient (Wildman–Crippen LogP) is 3.03. The summed E-state index contributed by atoms with van der Waals surface area (Å²) in [6.45, 7) is 2.69. The van der Waals surface area contributed by atoms with E-state index < -0.39 is 17.6 Å². The highest BCUT2D eigenvalue weighted by atomic mass is 16.3. The van der Waals surface area contributed by atoms with Crippen molar-refractivity contribution in [3.05, 3.63) is 53.5 Å². The number of furan rings is 1. The van der Waals surface area contributed by atoms with Gasteiger partial charge >= 0.3 is 0 Å². The molecule has 0 bridgehead atoms. The van der Waals surface area contributed by atoms with Crippen molar-refractivity contribution in [1.29, 1.82) is 0 Å². The van der Waals surface area contributed by atoms with E-state index >= 15 is 0 Å². The van der Waals surface area contributed by atoms with Crippen molar-refractivity contribution in [2.24, 2.45) is 0 Å². The second-order valence-electron chi connectivity index (χ2n) is 5.18. The van der Waals surface area contributed by atoms with Gasteiger partial charge in [0.25, 0.3) is 0 Å². The minimum atomic E-state index is -0.484. The molecule has 116 valence electrons. The largest absolute Gasteiger partial charge is 0.494 e. The Bertz CT molecular complexity index is 947. The molecule has 0 unspecified atom stereocenters. The molecule has 0 saturated heterocycles. The van der Waals surface area contributed by atoms with Crippen molar-refractivity contribution in [3.8, 4) is 5.88 Å². The van der Waals surface area contributed by atoms with Gasteiger partial charge in [0.05, 0.1) is 22.9 Å². The molecule has 0 amide bonds. The average molecular weight is 311 g/mol. The van der Waals surface area contributed by atoms with Gasteiger partial charge in [-0.2, -0.15) is 0 Å². The van der Waals surface area contributed by atoms with Crippen LogP contribution in [0, 0.1) is 0 Å². The molecule has 23 heavy (non-hydrogen) atoms. The molecule has 0 aliphatic rings. The number of aromatic nitrogens is 1. The van der Waals surface area contributed by atoms with Crippen molar-refractivity contribution in [2.75, 3.05) is 0 Å². The third-order valence-corrected chi connectivity index (χ3v) is 3.67. The predicted molar refractivity (Wildman–Crippen MR) is 82.0 cm³/mol. The molecule has 0 aliphatic carbocycles. The van der Waals surface area contributed by atoms with Crippen molar-refractivity contribution in [1.82, 2.24) is 4.57 Å². The molecule has 6 heteroatoms. The van der Waals surface area contributed by atoms with Crippen LogP contribution in [-0.4, -0.2) is 27.1 Å². The molecule has 3 rings (SSSR count). The fraction of sp³-hybridized carbons (Fsp3) is 0.118. The third-order valence-electron chi connectivity index (χ3n) is 3.67. The summed E-state index contributed by atoms with van der Waals surface area (Å²) in [7, 11) is 0. The van der Waals surface area contributed by atoms with Gasteiger partial charge in [-0.15, -0.1) is 0 Å². The molecule has 1 N–H and O–H groups in total. The lowest BCUT2D eigenvalue weighted by Crippen LogP contribution is -2.05. The van der Waals surface area contributed by atoms with E-state index in [0.29, 0.717) is 16.5 Å². The van der Waals surface area contributed by atoms with Crippen LogP contribution >= 0.6 is 0 Å². The van der Waals surface area contributed by atoms with Crippen LogP contribution in [-0.2, 0) is 0 Å². The van der Waals surface area contributed by atoms with Crippen LogP contribution in [0.2, 0.25) is 0 Å². The second-order valence-corrected chi connectivity index (χ2v) is 5.18. The molecular formula is C17H13NO5. The van der Waals surface area contributed by atoms with Gasteiger partial charge in [-0.3, -0.25) is 19.0 Å². The lowest BCUT2D eigenvalue weighted by molar-refractivity contribution is 0.0932. The van der Waals surface area contributed by atoms with Gasteiger partial charge in [0, 0.05) is 17.9 Å². The highest BCUT2D eigenvalue weighted by Gasteiger charge is 2.26. The Morgan fingerprint density at radius 3 is 2.39 bits per heavy atom. The summed E-state index contributed by atoms with van der Waals surface area (Å²) in [4.78, 5) is 36.0. The van der Waals surface area contributed by atoms with Crippen LogP contribution in [0.3, 0.4) is 0 Å². The molecule has 2 aromatic heterocycles. The van der Waals surface area contributed by atoms with E-state index in [1.807, 2.05) is 0 Å². The Kier molecular flexibility index (Phi) is 3.37. The molecule has 0 spiro atoms. The van der Waals surface area contributed by atoms with E-state index in [1.54, 1.807) is 12.1 Å². The van der Waals surface area contributed by atoms with E-state index in [0.717, 1.165) is 4.57 Å². The fourth-order valence-corrected chi connectivity index (χ4v) is 2.58. The molecule has 0 radical (unpaired) electrons. The van der Waals surface area contributed by atoms with E-state index in [-0.39, 0.29) is 16.9 Å². The van der Waals surface area contributed by atoms with Crippen LogP contribution in [0.25, 0.3) is 10.9 Å². The van der Waals surface area contributed by atoms with E-state index in [2.05, 4.69) is 0 Å². The lowest BCUT2D eigenvalue weighted by atomic mass is 10.0. The van der Waals surface area contributed by atoms with Gasteiger partial charge in [-0.25, -0.2) is 0 Å². The standard InChI is InChI=1S/C17H13NO5/c1-9(19)11-3-4-14-13(7-11)15(17(22)18(14)10(2)20)16(21)12-5-6-23-8-12/h3-8,22H,1-2H3. The molecule has 2 heterocycles. The average Bonchev–Trinajstić information content (AvgIpc) is 3.10. The Balaban J connectivity index is 2.37. The van der Waals surface area contributed by atoms with Crippen LogP contribution in [0.4, 0.5) is 0 Å². The van der Waals surface area contributed by atoms with Crippen LogP contribution in [0.5, 0.6) is 5.88 Å². The summed E-state index contributed by atoms with van der Waals surface area (Å²) >= 11 is 0. The number of rotatable bonds is 3. The fourth-order valence-electron chi connectivity index (χ4n) is 2.58. The zero-order valence-corrected chi connectivity index (χ0v) is 12.5. The highest BCUT2D eigenvalue weighted by Crippen LogP contribution is 2.34. The monoisotopic (exact) mass is 311 g/mol. The summed E-state index contributed by atoms with van der Waals surface area (Å²) in [6, 6.07) is 6.06. The molecule has 0 fully saturated rings. The van der Waals surface area contributed by atoms with Crippen molar-refractivity contribution < 1.29 is 23.9 Å². The topological polar surface area (TPSA) is 89.5 Å². The maximum absolute atomic E-state index is 12.6. The molecule has 0 atom stereocenters. The van der Waals surface area contributed by atoms with Crippen molar-refractivity contribution >= 4 is 28.4 Å². The quantitative estimate of drug-likeness (QED) is 0.751. The second kappa shape index (κ2) is 5.24. The number of fused-ring (bicyclic) bond motifs is 1. The Hall–Kier alpha value is -3.15. The summed E-state index contributed by atoms with van der Waals surface area (Å²) in [5.74, 6) is -1.54. The van der Waals surface area contributed by atoms with E-state index in [9.17, 15) is 19.5 Å². The molecule has 1 aromatic carbocycles. The summed E-state index contributed by atoms with van der Waals surface area (Å²) in [5.41, 5.74) is 0.974. The summed E-state index contributed by atoms with van der Waals surface area (Å²) in [6.07, 6.45) is 2.60. The third kappa shape index (κ3) is 2.24. The number of hydrogen-bond donors (Lipinski definition) is 1. The van der Waals surface area contributed by atoms with E-state index in [4.69, 9.17) is 4.42 Å². The summed E-state index contributed by atoms with van der Waals surface area (Å²) in [5, 5.41) is 10.7. The first-order valence-corrected chi connectivity index (χ1v) is 6.88. The molecular weight excluding hydrogens is 298 g/mol. The van der Waals surface area contributed by atoms with Gasteiger partial charge in [0.15, 0.2) is 5.78 Å². The number of hydrogen-bond acceptors (Lipinski definition) is 5. The lowest BCUT2D eigenvalue weighted by Gasteiger charge is -2.01. The molecule has 3 aromatic rings. The van der Waals surface area contributed by atoms with Crippen LogP contribution in [0.1, 0.15) is 44.9 Å². The normalized spacial score (nSPS) is 10.9. The number of nitrogens with zero attached hydrogens (tertiary/aromatic N) is 1. The Morgan fingerprint density at radius 1 is 1.09 bits per heavy atom. The number of Topliss-reactive ketones (excluding diaryl/α,β-unsaturated/α-hetero) is 1. The zero-order chi connectivity index (χ0) is 16.7. The first-order chi connectivity index (χ1) is 10.9. The van der Waals surface area contributed by atoms with Gasteiger partial charge in [0.2, 0.25) is 17.6 Å². The number of benzene rings is 1. The Morgan fingerprint density at radius 2 is 1.83 bits per heavy atom. The van der Waals surface area contributed by atoms with Crippen LogP contribution < -0.4 is 0 Å².